The Bertz CT molecular complexity index is 310. The molecule has 0 fully saturated rings. The second-order valence-corrected chi connectivity index (χ2v) is 2.97. The number of nitrogens with two attached hydrogens (primary N) is 1. The molecule has 0 radical (unpaired) electrons. The van der Waals surface area contributed by atoms with E-state index in [1.54, 1.807) is 12.1 Å². The molecular weight excluding hydrogens is 184 g/mol. The maximum atomic E-state index is 10.3. The second kappa shape index (κ2) is 4.69. The number of rotatable bonds is 4. The van der Waals surface area contributed by atoms with Gasteiger partial charge >= 0.3 is 0 Å². The zero-order valence-corrected chi connectivity index (χ0v) is 7.59. The predicted molar refractivity (Wildman–Crippen MR) is 51.7 cm³/mol. The van der Waals surface area contributed by atoms with Crippen molar-refractivity contribution in [2.75, 3.05) is 6.61 Å². The third-order valence-electron chi connectivity index (χ3n) is 1.97. The van der Waals surface area contributed by atoms with Crippen molar-refractivity contribution in [2.24, 2.45) is 5.73 Å². The maximum Gasteiger partial charge on any atom is 0.269 e. The third-order valence-corrected chi connectivity index (χ3v) is 1.97. The first-order valence-corrected chi connectivity index (χ1v) is 4.26. The zero-order chi connectivity index (χ0) is 10.6. The molecule has 0 saturated heterocycles. The summed E-state index contributed by atoms with van der Waals surface area (Å²) in [5.41, 5.74) is 6.54. The molecule has 1 rings (SSSR count). The summed E-state index contributed by atoms with van der Waals surface area (Å²) in [7, 11) is 0. The highest BCUT2D eigenvalue weighted by Crippen LogP contribution is 2.17. The van der Waals surface area contributed by atoms with Crippen LogP contribution in [0.15, 0.2) is 24.3 Å². The van der Waals surface area contributed by atoms with Crippen molar-refractivity contribution in [1.82, 2.24) is 0 Å². The van der Waals surface area contributed by atoms with Gasteiger partial charge in [0.2, 0.25) is 0 Å². The smallest absolute Gasteiger partial charge is 0.269 e. The molecule has 0 unspecified atom stereocenters. The molecule has 0 saturated carbocycles. The Hall–Kier alpha value is -1.46. The largest absolute Gasteiger partial charge is 0.396 e. The summed E-state index contributed by atoms with van der Waals surface area (Å²) in [5, 5.41) is 19.0. The van der Waals surface area contributed by atoms with Crippen LogP contribution in [-0.2, 0) is 0 Å². The van der Waals surface area contributed by atoms with E-state index in [1.807, 2.05) is 0 Å². The van der Waals surface area contributed by atoms with Gasteiger partial charge in [0.05, 0.1) is 4.92 Å². The van der Waals surface area contributed by atoms with Gasteiger partial charge in [0.25, 0.3) is 5.69 Å². The summed E-state index contributed by atoms with van der Waals surface area (Å²) in [6.07, 6.45) is 0.456. The molecule has 0 spiro atoms. The summed E-state index contributed by atoms with van der Waals surface area (Å²) in [4.78, 5) is 9.89. The normalized spacial score (nSPS) is 12.4. The standard InChI is InChI=1S/C9H12N2O3/c10-9(5-6-12)7-1-3-8(4-2-7)11(13)14/h1-4,9,12H,5-6,10H2/t9-/m1/s1. The van der Waals surface area contributed by atoms with Crippen molar-refractivity contribution >= 4 is 5.69 Å². The molecule has 76 valence electrons. The van der Waals surface area contributed by atoms with Crippen molar-refractivity contribution in [2.45, 2.75) is 12.5 Å². The van der Waals surface area contributed by atoms with E-state index >= 15 is 0 Å². The first-order valence-electron chi connectivity index (χ1n) is 4.26. The molecule has 0 amide bonds. The molecule has 1 aromatic rings. The summed E-state index contributed by atoms with van der Waals surface area (Å²) in [6, 6.07) is 5.77. The van der Waals surface area contributed by atoms with E-state index in [1.165, 1.54) is 12.1 Å². The Kier molecular flexibility index (Phi) is 3.55. The van der Waals surface area contributed by atoms with Gasteiger partial charge in [-0.05, 0) is 12.0 Å². The first-order chi connectivity index (χ1) is 6.65. The van der Waals surface area contributed by atoms with E-state index in [9.17, 15) is 10.1 Å². The summed E-state index contributed by atoms with van der Waals surface area (Å²) in [5.74, 6) is 0. The van der Waals surface area contributed by atoms with Gasteiger partial charge in [0.15, 0.2) is 0 Å². The Morgan fingerprint density at radius 1 is 1.43 bits per heavy atom. The van der Waals surface area contributed by atoms with E-state index in [2.05, 4.69) is 0 Å². The van der Waals surface area contributed by atoms with Crippen molar-refractivity contribution < 1.29 is 10.0 Å². The average Bonchev–Trinajstić information content (AvgIpc) is 2.18. The van der Waals surface area contributed by atoms with Crippen molar-refractivity contribution in [3.8, 4) is 0 Å². The van der Waals surface area contributed by atoms with Crippen LogP contribution in [0.1, 0.15) is 18.0 Å². The SMILES string of the molecule is N[C@H](CCO)c1ccc([N+](=O)[O-])cc1. The number of aliphatic hydroxyl groups excluding tert-OH is 1. The fourth-order valence-electron chi connectivity index (χ4n) is 1.15. The second-order valence-electron chi connectivity index (χ2n) is 2.97. The van der Waals surface area contributed by atoms with Gasteiger partial charge in [-0.3, -0.25) is 10.1 Å². The summed E-state index contributed by atoms with van der Waals surface area (Å²) in [6.45, 7) is 0.0121. The number of nitro groups is 1. The van der Waals surface area contributed by atoms with E-state index in [0.29, 0.717) is 6.42 Å². The molecule has 0 aliphatic carbocycles. The third kappa shape index (κ3) is 2.51. The molecule has 0 aliphatic heterocycles. The first kappa shape index (κ1) is 10.6. The monoisotopic (exact) mass is 196 g/mol. The van der Waals surface area contributed by atoms with Gasteiger partial charge in [-0.1, -0.05) is 12.1 Å². The predicted octanol–water partition coefficient (Wildman–Crippen LogP) is 0.977. The van der Waals surface area contributed by atoms with Crippen LogP contribution in [0.5, 0.6) is 0 Å². The van der Waals surface area contributed by atoms with Gasteiger partial charge < -0.3 is 10.8 Å². The zero-order valence-electron chi connectivity index (χ0n) is 7.59. The Balaban J connectivity index is 2.77. The molecule has 0 bridgehead atoms. The lowest BCUT2D eigenvalue weighted by molar-refractivity contribution is -0.384. The lowest BCUT2D eigenvalue weighted by Gasteiger charge is -2.09. The number of hydrogen-bond acceptors (Lipinski definition) is 4. The van der Waals surface area contributed by atoms with Gasteiger partial charge in [-0.2, -0.15) is 0 Å². The highest BCUT2D eigenvalue weighted by Gasteiger charge is 2.08. The summed E-state index contributed by atoms with van der Waals surface area (Å²) < 4.78 is 0. The van der Waals surface area contributed by atoms with Crippen molar-refractivity contribution in [3.63, 3.8) is 0 Å². The lowest BCUT2D eigenvalue weighted by Crippen LogP contribution is -2.11. The maximum absolute atomic E-state index is 10.3. The quantitative estimate of drug-likeness (QED) is 0.554. The van der Waals surface area contributed by atoms with Gasteiger partial charge in [0.1, 0.15) is 0 Å². The van der Waals surface area contributed by atoms with Crippen LogP contribution in [0.3, 0.4) is 0 Å². The number of hydrogen-bond donors (Lipinski definition) is 2. The highest BCUT2D eigenvalue weighted by molar-refractivity contribution is 5.34. The van der Waals surface area contributed by atoms with Crippen molar-refractivity contribution in [3.05, 3.63) is 39.9 Å². The van der Waals surface area contributed by atoms with Crippen LogP contribution < -0.4 is 5.73 Å². The van der Waals surface area contributed by atoms with Crippen LogP contribution in [-0.4, -0.2) is 16.6 Å². The summed E-state index contributed by atoms with van der Waals surface area (Å²) >= 11 is 0. The van der Waals surface area contributed by atoms with Gasteiger partial charge in [-0.15, -0.1) is 0 Å². The number of nitrogens with zero attached hydrogens (tertiary/aromatic N) is 1. The molecule has 0 heterocycles. The molecule has 1 atom stereocenters. The van der Waals surface area contributed by atoms with Gasteiger partial charge in [-0.25, -0.2) is 0 Å². The van der Waals surface area contributed by atoms with E-state index in [-0.39, 0.29) is 18.3 Å². The molecule has 5 heteroatoms. The lowest BCUT2D eigenvalue weighted by atomic mass is 10.1. The van der Waals surface area contributed by atoms with E-state index < -0.39 is 4.92 Å². The molecule has 5 nitrogen and oxygen atoms in total. The van der Waals surface area contributed by atoms with Gasteiger partial charge in [0, 0.05) is 24.8 Å². The van der Waals surface area contributed by atoms with Crippen LogP contribution in [0.4, 0.5) is 5.69 Å². The Morgan fingerprint density at radius 2 is 2.00 bits per heavy atom. The Morgan fingerprint density at radius 3 is 2.43 bits per heavy atom. The van der Waals surface area contributed by atoms with Crippen LogP contribution in [0, 0.1) is 10.1 Å². The van der Waals surface area contributed by atoms with Crippen LogP contribution >= 0.6 is 0 Å². The average molecular weight is 196 g/mol. The molecule has 0 aliphatic rings. The minimum atomic E-state index is -0.457. The number of non-ortho nitro benzene ring substituents is 1. The van der Waals surface area contributed by atoms with E-state index in [0.717, 1.165) is 5.56 Å². The molecule has 14 heavy (non-hydrogen) atoms. The topological polar surface area (TPSA) is 89.4 Å². The van der Waals surface area contributed by atoms with Crippen molar-refractivity contribution in [1.29, 1.82) is 0 Å². The minimum Gasteiger partial charge on any atom is -0.396 e. The fraction of sp³-hybridized carbons (Fsp3) is 0.333. The Labute approximate surface area is 81.3 Å². The van der Waals surface area contributed by atoms with Crippen LogP contribution in [0.25, 0.3) is 0 Å². The number of aliphatic hydroxyl groups is 1. The van der Waals surface area contributed by atoms with Crippen LogP contribution in [0.2, 0.25) is 0 Å². The molecule has 3 N–H and O–H groups in total. The highest BCUT2D eigenvalue weighted by atomic mass is 16.6. The molecule has 1 aromatic carbocycles. The molecular formula is C9H12N2O3. The number of nitro benzene ring substituents is 1. The fourth-order valence-corrected chi connectivity index (χ4v) is 1.15. The minimum absolute atomic E-state index is 0.0121. The van der Waals surface area contributed by atoms with E-state index in [4.69, 9.17) is 10.8 Å². The number of benzene rings is 1. The molecule has 0 aromatic heterocycles.